The highest BCUT2D eigenvalue weighted by atomic mass is 16.3. The number of anilines is 1. The smallest absolute Gasteiger partial charge is 0.203 e. The van der Waals surface area contributed by atoms with E-state index in [0.29, 0.717) is 12.3 Å². The summed E-state index contributed by atoms with van der Waals surface area (Å²) in [4.78, 5) is 0. The maximum absolute atomic E-state index is 8.68. The zero-order valence-corrected chi connectivity index (χ0v) is 11.5. The minimum atomic E-state index is 0.168. The van der Waals surface area contributed by atoms with Gasteiger partial charge in [0.1, 0.15) is 11.8 Å². The Kier molecular flexibility index (Phi) is 3.62. The Labute approximate surface area is 113 Å². The number of benzene rings is 1. The van der Waals surface area contributed by atoms with Crippen molar-refractivity contribution in [1.82, 2.24) is 0 Å². The van der Waals surface area contributed by atoms with E-state index in [1.165, 1.54) is 5.56 Å². The first-order chi connectivity index (χ1) is 8.99. The zero-order valence-electron chi connectivity index (χ0n) is 11.5. The molecule has 0 atom stereocenters. The lowest BCUT2D eigenvalue weighted by molar-refractivity contribution is 0.506. The molecule has 0 saturated heterocycles. The van der Waals surface area contributed by atoms with Crippen LogP contribution in [0.5, 0.6) is 0 Å². The van der Waals surface area contributed by atoms with E-state index in [0.717, 1.165) is 11.4 Å². The molecule has 2 aromatic rings. The van der Waals surface area contributed by atoms with E-state index < -0.39 is 0 Å². The number of nitriles is 1. The molecular formula is C16H18N2O. The lowest BCUT2D eigenvalue weighted by Gasteiger charge is -2.19. The van der Waals surface area contributed by atoms with E-state index in [1.807, 2.05) is 12.1 Å². The second-order valence-electron chi connectivity index (χ2n) is 5.56. The van der Waals surface area contributed by atoms with Crippen molar-refractivity contribution in [3.63, 3.8) is 0 Å². The summed E-state index contributed by atoms with van der Waals surface area (Å²) in [5.74, 6) is 1.11. The van der Waals surface area contributed by atoms with Gasteiger partial charge in [0.25, 0.3) is 0 Å². The van der Waals surface area contributed by atoms with Crippen LogP contribution in [0.15, 0.2) is 40.8 Å². The molecule has 0 aliphatic rings. The van der Waals surface area contributed by atoms with Gasteiger partial charge in [-0.1, -0.05) is 32.9 Å². The average molecular weight is 254 g/mol. The molecule has 0 unspecified atom stereocenters. The molecule has 0 amide bonds. The summed E-state index contributed by atoms with van der Waals surface area (Å²) in [5, 5.41) is 12.0. The van der Waals surface area contributed by atoms with Crippen molar-refractivity contribution in [2.75, 3.05) is 5.32 Å². The van der Waals surface area contributed by atoms with Crippen LogP contribution in [0.3, 0.4) is 0 Å². The topological polar surface area (TPSA) is 49.0 Å². The molecule has 19 heavy (non-hydrogen) atoms. The fraction of sp³-hybridized carbons (Fsp3) is 0.312. The van der Waals surface area contributed by atoms with Crippen LogP contribution in [0, 0.1) is 11.3 Å². The van der Waals surface area contributed by atoms with Crippen molar-refractivity contribution < 1.29 is 4.42 Å². The summed E-state index contributed by atoms with van der Waals surface area (Å²) in [5.41, 5.74) is 2.52. The number of rotatable bonds is 3. The fourth-order valence-corrected chi connectivity index (χ4v) is 1.81. The molecule has 1 aromatic heterocycles. The van der Waals surface area contributed by atoms with Crippen LogP contribution >= 0.6 is 0 Å². The van der Waals surface area contributed by atoms with Crippen molar-refractivity contribution >= 4 is 5.69 Å². The van der Waals surface area contributed by atoms with Crippen molar-refractivity contribution in [2.24, 2.45) is 0 Å². The normalized spacial score (nSPS) is 11.1. The number of hydrogen-bond acceptors (Lipinski definition) is 3. The molecule has 0 radical (unpaired) electrons. The minimum absolute atomic E-state index is 0.168. The molecule has 0 spiro atoms. The van der Waals surface area contributed by atoms with E-state index in [9.17, 15) is 0 Å². The molecule has 0 bridgehead atoms. The summed E-state index contributed by atoms with van der Waals surface area (Å²) < 4.78 is 5.31. The monoisotopic (exact) mass is 254 g/mol. The molecular weight excluding hydrogens is 236 g/mol. The molecule has 0 fully saturated rings. The van der Waals surface area contributed by atoms with Crippen LogP contribution in [-0.2, 0) is 12.0 Å². The maximum atomic E-state index is 8.68. The molecule has 1 heterocycles. The first-order valence-electron chi connectivity index (χ1n) is 6.32. The Balaban J connectivity index is 1.99. The lowest BCUT2D eigenvalue weighted by atomic mass is 9.87. The van der Waals surface area contributed by atoms with Gasteiger partial charge in [-0.25, -0.2) is 0 Å². The Morgan fingerprint density at radius 2 is 1.79 bits per heavy atom. The summed E-state index contributed by atoms with van der Waals surface area (Å²) in [6.45, 7) is 7.17. The predicted octanol–water partition coefficient (Wildman–Crippen LogP) is 4.06. The van der Waals surface area contributed by atoms with Crippen molar-refractivity contribution in [3.8, 4) is 6.07 Å². The van der Waals surface area contributed by atoms with Crippen LogP contribution in [0.4, 0.5) is 5.69 Å². The Morgan fingerprint density at radius 3 is 2.32 bits per heavy atom. The van der Waals surface area contributed by atoms with E-state index in [2.05, 4.69) is 50.4 Å². The quantitative estimate of drug-likeness (QED) is 0.898. The van der Waals surface area contributed by atoms with E-state index >= 15 is 0 Å². The lowest BCUT2D eigenvalue weighted by Crippen LogP contribution is -2.10. The van der Waals surface area contributed by atoms with Gasteiger partial charge in [0.2, 0.25) is 5.76 Å². The third kappa shape index (κ3) is 3.38. The molecule has 0 saturated carbocycles. The van der Waals surface area contributed by atoms with Gasteiger partial charge in [-0.3, -0.25) is 0 Å². The van der Waals surface area contributed by atoms with Gasteiger partial charge in [0.15, 0.2) is 0 Å². The summed E-state index contributed by atoms with van der Waals surface area (Å²) in [6, 6.07) is 13.9. The van der Waals surface area contributed by atoms with Crippen molar-refractivity contribution in [3.05, 3.63) is 53.5 Å². The highest BCUT2D eigenvalue weighted by Gasteiger charge is 2.12. The van der Waals surface area contributed by atoms with Gasteiger partial charge < -0.3 is 9.73 Å². The second-order valence-corrected chi connectivity index (χ2v) is 5.56. The molecule has 1 aromatic carbocycles. The van der Waals surface area contributed by atoms with Gasteiger partial charge in [0, 0.05) is 5.69 Å². The van der Waals surface area contributed by atoms with Crippen molar-refractivity contribution in [2.45, 2.75) is 32.7 Å². The largest absolute Gasteiger partial charge is 0.449 e. The number of furan rings is 1. The minimum Gasteiger partial charge on any atom is -0.449 e. The van der Waals surface area contributed by atoms with Gasteiger partial charge in [0.05, 0.1) is 6.54 Å². The van der Waals surface area contributed by atoms with Crippen LogP contribution in [0.2, 0.25) is 0 Å². The Hall–Kier alpha value is -2.21. The Bertz CT molecular complexity index is 582. The standard InChI is InChI=1S/C16H18N2O/c1-16(2,3)12-4-6-13(7-5-12)18-11-15-9-8-14(10-17)19-15/h4-9,18H,11H2,1-3H3. The third-order valence-corrected chi connectivity index (χ3v) is 2.99. The molecule has 3 nitrogen and oxygen atoms in total. The van der Waals surface area contributed by atoms with Gasteiger partial charge in [-0.05, 0) is 35.2 Å². The van der Waals surface area contributed by atoms with E-state index in [1.54, 1.807) is 6.07 Å². The maximum Gasteiger partial charge on any atom is 0.203 e. The summed E-state index contributed by atoms with van der Waals surface area (Å²) in [6.07, 6.45) is 0. The van der Waals surface area contributed by atoms with Gasteiger partial charge in [-0.2, -0.15) is 5.26 Å². The molecule has 0 aliphatic carbocycles. The first-order valence-corrected chi connectivity index (χ1v) is 6.32. The number of nitrogens with one attached hydrogen (secondary N) is 1. The van der Waals surface area contributed by atoms with E-state index in [-0.39, 0.29) is 5.41 Å². The highest BCUT2D eigenvalue weighted by molar-refractivity contribution is 5.46. The SMILES string of the molecule is CC(C)(C)c1ccc(NCc2ccc(C#N)o2)cc1. The highest BCUT2D eigenvalue weighted by Crippen LogP contribution is 2.23. The molecule has 0 aliphatic heterocycles. The first kappa shape index (κ1) is 13.2. The molecule has 2 rings (SSSR count). The second kappa shape index (κ2) is 5.19. The average Bonchev–Trinajstić information content (AvgIpc) is 2.84. The summed E-state index contributed by atoms with van der Waals surface area (Å²) in [7, 11) is 0. The zero-order chi connectivity index (χ0) is 13.9. The van der Waals surface area contributed by atoms with Crippen LogP contribution in [0.1, 0.15) is 37.9 Å². The Morgan fingerprint density at radius 1 is 1.11 bits per heavy atom. The van der Waals surface area contributed by atoms with Crippen LogP contribution < -0.4 is 5.32 Å². The summed E-state index contributed by atoms with van der Waals surface area (Å²) >= 11 is 0. The van der Waals surface area contributed by atoms with Crippen molar-refractivity contribution in [1.29, 1.82) is 5.26 Å². The van der Waals surface area contributed by atoms with E-state index in [4.69, 9.17) is 9.68 Å². The van der Waals surface area contributed by atoms with Crippen LogP contribution in [-0.4, -0.2) is 0 Å². The van der Waals surface area contributed by atoms with Gasteiger partial charge in [-0.15, -0.1) is 0 Å². The van der Waals surface area contributed by atoms with Crippen LogP contribution in [0.25, 0.3) is 0 Å². The molecule has 3 heteroatoms. The third-order valence-electron chi connectivity index (χ3n) is 2.99. The fourth-order valence-electron chi connectivity index (χ4n) is 1.81. The van der Waals surface area contributed by atoms with Gasteiger partial charge >= 0.3 is 0 Å². The molecule has 98 valence electrons. The number of hydrogen-bond donors (Lipinski definition) is 1. The predicted molar refractivity (Wildman–Crippen MR) is 75.9 cm³/mol. The number of nitrogens with zero attached hydrogens (tertiary/aromatic N) is 1. The molecule has 1 N–H and O–H groups in total.